The van der Waals surface area contributed by atoms with Gasteiger partial charge in [-0.2, -0.15) is 5.26 Å². The highest BCUT2D eigenvalue weighted by molar-refractivity contribution is 5.20. The first kappa shape index (κ1) is 14.5. The molecule has 0 unspecified atom stereocenters. The molecular weight excluding hydrogens is 228 g/mol. The lowest BCUT2D eigenvalue weighted by Gasteiger charge is -2.20. The van der Waals surface area contributed by atoms with Crippen molar-refractivity contribution >= 4 is 0 Å². The lowest BCUT2D eigenvalue weighted by atomic mass is 10.3. The van der Waals surface area contributed by atoms with Crippen LogP contribution in [0.25, 0.3) is 0 Å². The van der Waals surface area contributed by atoms with Crippen molar-refractivity contribution in [3.8, 4) is 11.8 Å². The molecule has 0 amide bonds. The quantitative estimate of drug-likeness (QED) is 0.670. The molecule has 0 aromatic heterocycles. The fraction of sp³-hybridized carbons (Fsp3) is 0.500. The van der Waals surface area contributed by atoms with Gasteiger partial charge in [0.25, 0.3) is 0 Å². The summed E-state index contributed by atoms with van der Waals surface area (Å²) in [6.45, 7) is 3.70. The van der Waals surface area contributed by atoms with Crippen molar-refractivity contribution < 1.29 is 9.47 Å². The molecule has 0 heterocycles. The van der Waals surface area contributed by atoms with Gasteiger partial charge < -0.3 is 9.47 Å². The summed E-state index contributed by atoms with van der Waals surface area (Å²) in [6.07, 6.45) is 0.537. The summed E-state index contributed by atoms with van der Waals surface area (Å²) in [4.78, 5) is 2.18. The van der Waals surface area contributed by atoms with Crippen LogP contribution in [0, 0.1) is 11.3 Å². The van der Waals surface area contributed by atoms with Gasteiger partial charge in [-0.25, -0.2) is 0 Å². The van der Waals surface area contributed by atoms with Gasteiger partial charge in [0.2, 0.25) is 0 Å². The molecule has 1 aromatic rings. The van der Waals surface area contributed by atoms with Gasteiger partial charge in [0.05, 0.1) is 12.7 Å². The zero-order valence-corrected chi connectivity index (χ0v) is 10.8. The van der Waals surface area contributed by atoms with Crippen LogP contribution >= 0.6 is 0 Å². The van der Waals surface area contributed by atoms with Gasteiger partial charge in [0.1, 0.15) is 12.4 Å². The summed E-state index contributed by atoms with van der Waals surface area (Å²) in [5, 5.41) is 8.60. The van der Waals surface area contributed by atoms with E-state index in [1.807, 2.05) is 30.3 Å². The second-order valence-corrected chi connectivity index (χ2v) is 3.90. The van der Waals surface area contributed by atoms with Crippen molar-refractivity contribution in [3.05, 3.63) is 30.3 Å². The first-order valence-electron chi connectivity index (χ1n) is 6.13. The molecule has 0 radical (unpaired) electrons. The molecule has 0 N–H and O–H groups in total. The highest BCUT2D eigenvalue weighted by atomic mass is 16.5. The number of ether oxygens (including phenoxy) is 2. The Balaban J connectivity index is 2.25. The average molecular weight is 248 g/mol. The average Bonchev–Trinajstić information content (AvgIpc) is 2.42. The van der Waals surface area contributed by atoms with E-state index in [0.29, 0.717) is 19.6 Å². The molecule has 0 bridgehead atoms. The molecule has 4 heteroatoms. The Kier molecular flexibility index (Phi) is 7.61. The van der Waals surface area contributed by atoms with E-state index in [9.17, 15) is 0 Å². The van der Waals surface area contributed by atoms with Gasteiger partial charge in [0.15, 0.2) is 0 Å². The molecule has 0 atom stereocenters. The number of methoxy groups -OCH3 is 1. The molecule has 0 saturated carbocycles. The Morgan fingerprint density at radius 1 is 1.11 bits per heavy atom. The molecule has 0 saturated heterocycles. The summed E-state index contributed by atoms with van der Waals surface area (Å²) < 4.78 is 10.7. The fourth-order valence-corrected chi connectivity index (χ4v) is 1.57. The zero-order chi connectivity index (χ0) is 13.1. The number of hydrogen-bond acceptors (Lipinski definition) is 4. The molecule has 4 nitrogen and oxygen atoms in total. The first-order chi connectivity index (χ1) is 8.86. The third kappa shape index (κ3) is 6.24. The summed E-state index contributed by atoms with van der Waals surface area (Å²) in [7, 11) is 1.68. The maximum absolute atomic E-state index is 8.60. The van der Waals surface area contributed by atoms with E-state index < -0.39 is 0 Å². The van der Waals surface area contributed by atoms with Crippen molar-refractivity contribution in [2.45, 2.75) is 6.42 Å². The maximum atomic E-state index is 8.60. The molecule has 1 aromatic carbocycles. The Bertz CT molecular complexity index is 349. The van der Waals surface area contributed by atoms with E-state index in [2.05, 4.69) is 11.0 Å². The van der Waals surface area contributed by atoms with Crippen LogP contribution in [0.15, 0.2) is 30.3 Å². The van der Waals surface area contributed by atoms with Crippen molar-refractivity contribution in [1.82, 2.24) is 4.90 Å². The number of hydrogen-bond donors (Lipinski definition) is 0. The van der Waals surface area contributed by atoms with E-state index in [1.54, 1.807) is 7.11 Å². The fourth-order valence-electron chi connectivity index (χ4n) is 1.57. The lowest BCUT2D eigenvalue weighted by Crippen LogP contribution is -2.32. The normalized spacial score (nSPS) is 10.3. The minimum Gasteiger partial charge on any atom is -0.492 e. The minimum atomic E-state index is 0.537. The van der Waals surface area contributed by atoms with Crippen LogP contribution in [-0.4, -0.2) is 44.9 Å². The Labute approximate surface area is 109 Å². The van der Waals surface area contributed by atoms with Gasteiger partial charge in [-0.3, -0.25) is 4.90 Å². The standard InChI is InChI=1S/C14H20N2O2/c1-17-12-10-16(9-5-8-15)11-13-18-14-6-3-2-4-7-14/h2-4,6-7H,5,9-13H2,1H3. The summed E-state index contributed by atoms with van der Waals surface area (Å²) in [5.41, 5.74) is 0. The van der Waals surface area contributed by atoms with Crippen LogP contribution in [0.2, 0.25) is 0 Å². The topological polar surface area (TPSA) is 45.5 Å². The van der Waals surface area contributed by atoms with E-state index >= 15 is 0 Å². The summed E-state index contributed by atoms with van der Waals surface area (Å²) in [6, 6.07) is 11.9. The van der Waals surface area contributed by atoms with Crippen LogP contribution in [0.1, 0.15) is 6.42 Å². The van der Waals surface area contributed by atoms with Crippen molar-refractivity contribution in [3.63, 3.8) is 0 Å². The van der Waals surface area contributed by atoms with E-state index in [1.165, 1.54) is 0 Å². The van der Waals surface area contributed by atoms with Crippen LogP contribution in [-0.2, 0) is 4.74 Å². The molecule has 0 aliphatic carbocycles. The molecule has 0 aliphatic heterocycles. The van der Waals surface area contributed by atoms with Crippen LogP contribution in [0.5, 0.6) is 5.75 Å². The molecule has 18 heavy (non-hydrogen) atoms. The Hall–Kier alpha value is -1.57. The number of nitriles is 1. The van der Waals surface area contributed by atoms with Crippen LogP contribution in [0.3, 0.4) is 0 Å². The first-order valence-corrected chi connectivity index (χ1v) is 6.13. The van der Waals surface area contributed by atoms with Gasteiger partial charge in [-0.1, -0.05) is 18.2 Å². The molecular formula is C14H20N2O2. The van der Waals surface area contributed by atoms with Gasteiger partial charge in [0, 0.05) is 33.2 Å². The predicted octanol–water partition coefficient (Wildman–Crippen LogP) is 1.93. The molecule has 0 spiro atoms. The van der Waals surface area contributed by atoms with Crippen molar-refractivity contribution in [2.24, 2.45) is 0 Å². The molecule has 0 aliphatic rings. The van der Waals surface area contributed by atoms with Gasteiger partial charge in [-0.05, 0) is 12.1 Å². The highest BCUT2D eigenvalue weighted by Crippen LogP contribution is 2.07. The summed E-state index contributed by atoms with van der Waals surface area (Å²) in [5.74, 6) is 0.879. The van der Waals surface area contributed by atoms with E-state index in [0.717, 1.165) is 25.4 Å². The van der Waals surface area contributed by atoms with Crippen LogP contribution < -0.4 is 4.74 Å². The molecule has 98 valence electrons. The summed E-state index contributed by atoms with van der Waals surface area (Å²) >= 11 is 0. The largest absolute Gasteiger partial charge is 0.492 e. The Morgan fingerprint density at radius 3 is 2.50 bits per heavy atom. The third-order valence-corrected chi connectivity index (χ3v) is 2.57. The second kappa shape index (κ2) is 9.46. The van der Waals surface area contributed by atoms with Gasteiger partial charge in [-0.15, -0.1) is 0 Å². The number of rotatable bonds is 9. The van der Waals surface area contributed by atoms with Crippen LogP contribution in [0.4, 0.5) is 0 Å². The van der Waals surface area contributed by atoms with Crippen molar-refractivity contribution in [2.75, 3.05) is 40.0 Å². The monoisotopic (exact) mass is 248 g/mol. The number of nitrogens with zero attached hydrogens (tertiary/aromatic N) is 2. The lowest BCUT2D eigenvalue weighted by molar-refractivity contribution is 0.136. The second-order valence-electron chi connectivity index (χ2n) is 3.90. The molecule has 0 fully saturated rings. The maximum Gasteiger partial charge on any atom is 0.119 e. The van der Waals surface area contributed by atoms with Crippen molar-refractivity contribution in [1.29, 1.82) is 5.26 Å². The third-order valence-electron chi connectivity index (χ3n) is 2.57. The Morgan fingerprint density at radius 2 is 1.83 bits per heavy atom. The predicted molar refractivity (Wildman–Crippen MR) is 70.5 cm³/mol. The van der Waals surface area contributed by atoms with Gasteiger partial charge >= 0.3 is 0 Å². The minimum absolute atomic E-state index is 0.537. The zero-order valence-electron chi connectivity index (χ0n) is 10.8. The molecule has 1 rings (SSSR count). The SMILES string of the molecule is COCCN(CCC#N)CCOc1ccccc1. The van der Waals surface area contributed by atoms with E-state index in [-0.39, 0.29) is 0 Å². The number of para-hydroxylation sites is 1. The van der Waals surface area contributed by atoms with E-state index in [4.69, 9.17) is 14.7 Å². The smallest absolute Gasteiger partial charge is 0.119 e. The number of benzene rings is 1. The highest BCUT2D eigenvalue weighted by Gasteiger charge is 2.04.